The lowest BCUT2D eigenvalue weighted by molar-refractivity contribution is 0.167. The molecule has 1 fully saturated rings. The number of ether oxygens (including phenoxy) is 4. The molecule has 200 valence electrons. The number of nitrogens with zero attached hydrogens (tertiary/aromatic N) is 2. The summed E-state index contributed by atoms with van der Waals surface area (Å²) in [5.41, 5.74) is 6.10. The van der Waals surface area contributed by atoms with Crippen LogP contribution >= 0.6 is 0 Å². The molecule has 0 spiro atoms. The fraction of sp³-hybridized carbons (Fsp3) is 0.364. The Morgan fingerprint density at radius 3 is 2.31 bits per heavy atom. The Hall–Kier alpha value is -3.93. The van der Waals surface area contributed by atoms with Crippen molar-refractivity contribution in [1.29, 1.82) is 0 Å². The van der Waals surface area contributed by atoms with Crippen LogP contribution in [0.25, 0.3) is 6.08 Å². The molecule has 6 heteroatoms. The van der Waals surface area contributed by atoms with Crippen molar-refractivity contribution in [3.05, 3.63) is 83.4 Å². The summed E-state index contributed by atoms with van der Waals surface area (Å²) in [5, 5.41) is 7.61. The first-order chi connectivity index (χ1) is 19.0. The number of fused-ring (bicyclic) bond motifs is 3. The second kappa shape index (κ2) is 9.37. The number of rotatable bonds is 5. The first-order valence-electron chi connectivity index (χ1n) is 13.9. The molecule has 0 bridgehead atoms. The number of allylic oxidation sites excluding steroid dienone is 1. The van der Waals surface area contributed by atoms with Crippen LogP contribution in [0, 0.1) is 17.3 Å². The van der Waals surface area contributed by atoms with E-state index in [0.29, 0.717) is 5.92 Å². The van der Waals surface area contributed by atoms with E-state index in [1.807, 2.05) is 12.1 Å². The van der Waals surface area contributed by atoms with Gasteiger partial charge in [-0.05, 0) is 83.3 Å². The van der Waals surface area contributed by atoms with Crippen LogP contribution < -0.4 is 24.0 Å². The van der Waals surface area contributed by atoms with Gasteiger partial charge in [-0.25, -0.2) is 0 Å². The molecule has 3 aromatic rings. The molecule has 0 N–H and O–H groups in total. The van der Waals surface area contributed by atoms with Gasteiger partial charge in [0.05, 0.1) is 17.4 Å². The average molecular weight is 523 g/mol. The van der Waals surface area contributed by atoms with Gasteiger partial charge < -0.3 is 18.9 Å². The third-order valence-electron chi connectivity index (χ3n) is 9.06. The number of para-hydroxylation sites is 1. The van der Waals surface area contributed by atoms with Crippen molar-refractivity contribution in [3.8, 4) is 23.0 Å². The Labute approximate surface area is 229 Å². The van der Waals surface area contributed by atoms with Gasteiger partial charge in [-0.2, -0.15) is 5.10 Å². The van der Waals surface area contributed by atoms with Gasteiger partial charge in [0, 0.05) is 5.92 Å². The van der Waals surface area contributed by atoms with Crippen molar-refractivity contribution >= 4 is 17.5 Å². The van der Waals surface area contributed by atoms with E-state index in [2.05, 4.69) is 86.5 Å². The Morgan fingerprint density at radius 2 is 1.56 bits per heavy atom. The van der Waals surface area contributed by atoms with Gasteiger partial charge in [0.15, 0.2) is 23.0 Å². The van der Waals surface area contributed by atoms with Crippen molar-refractivity contribution in [3.63, 3.8) is 0 Å². The maximum absolute atomic E-state index is 5.79. The molecule has 1 saturated carbocycles. The number of hydrogen-bond donors (Lipinski definition) is 0. The molecular formula is C33H34N2O4. The Morgan fingerprint density at radius 1 is 0.872 bits per heavy atom. The second-order valence-corrected chi connectivity index (χ2v) is 11.6. The summed E-state index contributed by atoms with van der Waals surface area (Å²) in [6.45, 7) is 7.69. The smallest absolute Gasteiger partial charge is 0.231 e. The van der Waals surface area contributed by atoms with E-state index in [1.54, 1.807) is 0 Å². The lowest BCUT2D eigenvalue weighted by atomic mass is 9.63. The molecule has 7 rings (SSSR count). The summed E-state index contributed by atoms with van der Waals surface area (Å²) in [6, 6.07) is 23.2. The highest BCUT2D eigenvalue weighted by Crippen LogP contribution is 2.53. The van der Waals surface area contributed by atoms with Crippen LogP contribution in [0.5, 0.6) is 23.0 Å². The topological polar surface area (TPSA) is 52.5 Å². The zero-order valence-corrected chi connectivity index (χ0v) is 22.7. The third-order valence-corrected chi connectivity index (χ3v) is 9.06. The number of hydrogen-bond acceptors (Lipinski definition) is 6. The van der Waals surface area contributed by atoms with Gasteiger partial charge in [-0.15, -0.1) is 0 Å². The quantitative estimate of drug-likeness (QED) is 0.345. The number of anilines is 1. The highest BCUT2D eigenvalue weighted by Gasteiger charge is 2.47. The monoisotopic (exact) mass is 522 g/mol. The Bertz CT molecular complexity index is 1460. The van der Waals surface area contributed by atoms with E-state index in [4.69, 9.17) is 24.0 Å². The fourth-order valence-corrected chi connectivity index (χ4v) is 6.37. The van der Waals surface area contributed by atoms with E-state index in [0.717, 1.165) is 53.5 Å². The molecule has 0 radical (unpaired) electrons. The minimum absolute atomic E-state index is 0.0625. The van der Waals surface area contributed by atoms with Crippen LogP contribution in [0.15, 0.2) is 77.4 Å². The molecule has 3 aliphatic heterocycles. The molecular weight excluding hydrogens is 488 g/mol. The summed E-state index contributed by atoms with van der Waals surface area (Å²) in [5.74, 6) is 4.00. The molecule has 3 aromatic carbocycles. The third kappa shape index (κ3) is 4.22. The molecule has 1 aliphatic carbocycles. The van der Waals surface area contributed by atoms with Gasteiger partial charge in [0.2, 0.25) is 13.6 Å². The minimum Gasteiger partial charge on any atom is -0.454 e. The average Bonchev–Trinajstić information content (AvgIpc) is 3.71. The second-order valence-electron chi connectivity index (χ2n) is 11.6. The largest absolute Gasteiger partial charge is 0.454 e. The molecule has 0 aromatic heterocycles. The van der Waals surface area contributed by atoms with Gasteiger partial charge in [-0.1, -0.05) is 57.5 Å². The van der Waals surface area contributed by atoms with Crippen LogP contribution in [0.2, 0.25) is 0 Å². The van der Waals surface area contributed by atoms with Crippen LogP contribution in [-0.4, -0.2) is 19.3 Å². The van der Waals surface area contributed by atoms with Crippen LogP contribution in [0.1, 0.15) is 57.2 Å². The molecule has 6 nitrogen and oxygen atoms in total. The van der Waals surface area contributed by atoms with Crippen LogP contribution in [0.3, 0.4) is 0 Å². The predicted molar refractivity (Wildman–Crippen MR) is 152 cm³/mol. The maximum Gasteiger partial charge on any atom is 0.231 e. The van der Waals surface area contributed by atoms with Gasteiger partial charge in [0.25, 0.3) is 0 Å². The first-order valence-corrected chi connectivity index (χ1v) is 13.9. The maximum atomic E-state index is 5.79. The zero-order valence-electron chi connectivity index (χ0n) is 22.7. The summed E-state index contributed by atoms with van der Waals surface area (Å²) >= 11 is 0. The Balaban J connectivity index is 1.35. The van der Waals surface area contributed by atoms with E-state index >= 15 is 0 Å². The normalized spacial score (nSPS) is 24.2. The van der Waals surface area contributed by atoms with E-state index < -0.39 is 0 Å². The van der Waals surface area contributed by atoms with Gasteiger partial charge in [0.1, 0.15) is 0 Å². The highest BCUT2D eigenvalue weighted by molar-refractivity contribution is 6.08. The summed E-state index contributed by atoms with van der Waals surface area (Å²) in [4.78, 5) is 0. The zero-order chi connectivity index (χ0) is 26.6. The number of benzene rings is 3. The van der Waals surface area contributed by atoms with Crippen LogP contribution in [0.4, 0.5) is 5.69 Å². The summed E-state index contributed by atoms with van der Waals surface area (Å²) in [6.07, 6.45) is 5.53. The molecule has 3 atom stereocenters. The highest BCUT2D eigenvalue weighted by atomic mass is 16.7. The van der Waals surface area contributed by atoms with E-state index in [1.165, 1.54) is 16.8 Å². The lowest BCUT2D eigenvalue weighted by Gasteiger charge is -2.41. The van der Waals surface area contributed by atoms with Crippen molar-refractivity contribution in [1.82, 2.24) is 0 Å². The van der Waals surface area contributed by atoms with Gasteiger partial charge in [-0.3, -0.25) is 5.01 Å². The molecule has 39 heavy (non-hydrogen) atoms. The van der Waals surface area contributed by atoms with Gasteiger partial charge >= 0.3 is 0 Å². The fourth-order valence-electron chi connectivity index (χ4n) is 6.37. The Kier molecular flexibility index (Phi) is 5.80. The SMILES string of the molecule is CCC(C)(C)C1C/C(=C\c2ccc3c(c2)OCO3)C2=NN(c3ccccc3)C(c3ccc4c(c3)OCO4)C2C1. The first kappa shape index (κ1) is 24.1. The van der Waals surface area contributed by atoms with Crippen molar-refractivity contribution in [2.45, 2.75) is 46.1 Å². The predicted octanol–water partition coefficient (Wildman–Crippen LogP) is 7.61. The van der Waals surface area contributed by atoms with E-state index in [-0.39, 0.29) is 31.0 Å². The van der Waals surface area contributed by atoms with Crippen molar-refractivity contribution in [2.24, 2.45) is 22.4 Å². The summed E-state index contributed by atoms with van der Waals surface area (Å²) < 4.78 is 22.7. The standard InChI is InChI=1S/C33H34N2O4/c1-4-33(2,3)24-16-23(14-21-10-12-27-29(15-21)38-19-36-27)31-26(18-24)32(35(34-31)25-8-6-5-7-9-25)22-11-13-28-30(17-22)39-20-37-28/h5-15,17,24,26,32H,4,16,18-20H2,1-3H3/b23-14+. The summed E-state index contributed by atoms with van der Waals surface area (Å²) in [7, 11) is 0. The van der Waals surface area contributed by atoms with Crippen molar-refractivity contribution in [2.75, 3.05) is 18.6 Å². The molecule has 3 unspecified atom stereocenters. The van der Waals surface area contributed by atoms with Crippen molar-refractivity contribution < 1.29 is 18.9 Å². The molecule has 4 aliphatic rings. The van der Waals surface area contributed by atoms with E-state index in [9.17, 15) is 0 Å². The number of hydrazone groups is 1. The molecule has 0 amide bonds. The van der Waals surface area contributed by atoms with Crippen LogP contribution in [-0.2, 0) is 0 Å². The lowest BCUT2D eigenvalue weighted by Crippen LogP contribution is -2.36. The molecule has 3 heterocycles. The minimum atomic E-state index is 0.0625. The molecule has 0 saturated heterocycles.